The quantitative estimate of drug-likeness (QED) is 0.778. The lowest BCUT2D eigenvalue weighted by Gasteiger charge is -2.41. The molecule has 0 saturated heterocycles. The van der Waals surface area contributed by atoms with Crippen LogP contribution in [0.25, 0.3) is 0 Å². The van der Waals surface area contributed by atoms with Crippen LogP contribution < -0.4 is 5.32 Å². The van der Waals surface area contributed by atoms with E-state index in [1.54, 1.807) is 20.8 Å². The Morgan fingerprint density at radius 2 is 2.00 bits per heavy atom. The van der Waals surface area contributed by atoms with Gasteiger partial charge in [-0.05, 0) is 50.9 Å². The van der Waals surface area contributed by atoms with E-state index in [2.05, 4.69) is 38.2 Å². The van der Waals surface area contributed by atoms with Gasteiger partial charge in [0.15, 0.2) is 0 Å². The molecule has 0 saturated carbocycles. The number of alkyl carbamates (subject to hydrolysis) is 1. The van der Waals surface area contributed by atoms with E-state index in [0.29, 0.717) is 18.3 Å². The van der Waals surface area contributed by atoms with Crippen LogP contribution in [-0.4, -0.2) is 28.8 Å². The number of carboxylic acids is 1. The summed E-state index contributed by atoms with van der Waals surface area (Å²) < 4.78 is 5.16. The van der Waals surface area contributed by atoms with E-state index in [1.165, 1.54) is 0 Å². The molecule has 1 aliphatic rings. The first-order valence-electron chi connectivity index (χ1n) is 7.84. The predicted molar refractivity (Wildman–Crippen MR) is 85.6 cm³/mol. The third-order valence-corrected chi connectivity index (χ3v) is 4.53. The van der Waals surface area contributed by atoms with Gasteiger partial charge in [0, 0.05) is 0 Å². The first-order valence-corrected chi connectivity index (χ1v) is 7.84. The molecule has 0 spiro atoms. The fourth-order valence-electron chi connectivity index (χ4n) is 2.90. The van der Waals surface area contributed by atoms with Crippen molar-refractivity contribution in [2.75, 3.05) is 0 Å². The summed E-state index contributed by atoms with van der Waals surface area (Å²) in [4.78, 5) is 23.4. The van der Waals surface area contributed by atoms with Gasteiger partial charge in [0.05, 0.1) is 0 Å². The first-order chi connectivity index (χ1) is 9.94. The summed E-state index contributed by atoms with van der Waals surface area (Å²) in [6, 6.07) is -0.961. The van der Waals surface area contributed by atoms with Crippen LogP contribution in [-0.2, 0) is 9.53 Å². The Labute approximate surface area is 133 Å². The van der Waals surface area contributed by atoms with Crippen molar-refractivity contribution < 1.29 is 19.4 Å². The molecule has 0 heterocycles. The number of amides is 1. The van der Waals surface area contributed by atoms with E-state index in [1.807, 2.05) is 0 Å². The van der Waals surface area contributed by atoms with Gasteiger partial charge in [0.1, 0.15) is 11.6 Å². The summed E-state index contributed by atoms with van der Waals surface area (Å²) in [5.41, 5.74) is -0.903. The number of rotatable bonds is 4. The van der Waals surface area contributed by atoms with E-state index in [9.17, 15) is 14.7 Å². The minimum Gasteiger partial charge on any atom is -0.480 e. The number of allylic oxidation sites excluding steroid dienone is 2. The van der Waals surface area contributed by atoms with Gasteiger partial charge in [-0.25, -0.2) is 9.59 Å². The summed E-state index contributed by atoms with van der Waals surface area (Å²) in [7, 11) is 0. The smallest absolute Gasteiger partial charge is 0.408 e. The first kappa shape index (κ1) is 18.5. The second kappa shape index (κ2) is 6.71. The van der Waals surface area contributed by atoms with Gasteiger partial charge >= 0.3 is 12.1 Å². The molecule has 0 aromatic heterocycles. The largest absolute Gasteiger partial charge is 0.480 e. The Morgan fingerprint density at radius 1 is 1.41 bits per heavy atom. The summed E-state index contributed by atoms with van der Waals surface area (Å²) in [5, 5.41) is 11.9. The lowest BCUT2D eigenvalue weighted by atomic mass is 9.65. The van der Waals surface area contributed by atoms with Crippen molar-refractivity contribution in [3.05, 3.63) is 12.2 Å². The van der Waals surface area contributed by atoms with Crippen molar-refractivity contribution in [2.24, 2.45) is 17.3 Å². The predicted octanol–water partition coefficient (Wildman–Crippen LogP) is 3.59. The average molecular weight is 311 g/mol. The van der Waals surface area contributed by atoms with Crippen LogP contribution in [0.3, 0.4) is 0 Å². The van der Waals surface area contributed by atoms with Crippen LogP contribution in [0.4, 0.5) is 4.79 Å². The van der Waals surface area contributed by atoms with E-state index in [-0.39, 0.29) is 5.41 Å². The number of carbonyl (C=O) groups is 2. The monoisotopic (exact) mass is 311 g/mol. The van der Waals surface area contributed by atoms with Gasteiger partial charge in [-0.1, -0.05) is 32.9 Å². The molecule has 0 bridgehead atoms. The normalized spacial score (nSPS) is 29.7. The highest BCUT2D eigenvalue weighted by Gasteiger charge is 2.39. The molecule has 1 rings (SSSR count). The maximum atomic E-state index is 11.9. The summed E-state index contributed by atoms with van der Waals surface area (Å²) >= 11 is 0. The van der Waals surface area contributed by atoms with Crippen LogP contribution in [0.2, 0.25) is 0 Å². The Kier molecular flexibility index (Phi) is 5.65. The fraction of sp³-hybridized carbons (Fsp3) is 0.765. The highest BCUT2D eigenvalue weighted by Crippen LogP contribution is 2.43. The van der Waals surface area contributed by atoms with Crippen molar-refractivity contribution in [1.82, 2.24) is 5.32 Å². The third kappa shape index (κ3) is 5.04. The number of hydrogen-bond acceptors (Lipinski definition) is 3. The number of carbonyl (C=O) groups excluding carboxylic acids is 1. The topological polar surface area (TPSA) is 75.6 Å². The molecule has 0 radical (unpaired) electrons. The van der Waals surface area contributed by atoms with Crippen molar-refractivity contribution in [1.29, 1.82) is 0 Å². The zero-order chi connectivity index (χ0) is 17.1. The standard InChI is InChI=1S/C17H29NO4/c1-11-8-7-9-17(6,12(11)2)10-13(14(19)20)18-15(21)22-16(3,4)5/h7,9,11-13H,8,10H2,1-6H3,(H,18,21)(H,19,20). The van der Waals surface area contributed by atoms with Gasteiger partial charge < -0.3 is 15.2 Å². The Hall–Kier alpha value is -1.52. The number of ether oxygens (including phenoxy) is 1. The number of carboxylic acid groups (broad SMARTS) is 1. The van der Waals surface area contributed by atoms with Gasteiger partial charge in [0.25, 0.3) is 0 Å². The molecule has 0 aliphatic heterocycles. The van der Waals surface area contributed by atoms with E-state index >= 15 is 0 Å². The maximum absolute atomic E-state index is 11.9. The number of hydrogen-bond donors (Lipinski definition) is 2. The van der Waals surface area contributed by atoms with Gasteiger partial charge in [-0.15, -0.1) is 0 Å². The average Bonchev–Trinajstić information content (AvgIpc) is 2.33. The molecule has 0 fully saturated rings. The van der Waals surface area contributed by atoms with Crippen LogP contribution >= 0.6 is 0 Å². The summed E-state index contributed by atoms with van der Waals surface area (Å²) in [5.74, 6) is -0.198. The molecule has 0 aromatic rings. The van der Waals surface area contributed by atoms with Crippen molar-refractivity contribution in [2.45, 2.75) is 66.0 Å². The Balaban J connectivity index is 2.80. The number of nitrogens with one attached hydrogen (secondary N) is 1. The molecule has 1 aliphatic carbocycles. The molecule has 1 amide bonds. The molecule has 2 N–H and O–H groups in total. The van der Waals surface area contributed by atoms with Crippen molar-refractivity contribution in [3.63, 3.8) is 0 Å². The fourth-order valence-corrected chi connectivity index (χ4v) is 2.90. The van der Waals surface area contributed by atoms with Crippen LogP contribution in [0.5, 0.6) is 0 Å². The highest BCUT2D eigenvalue weighted by atomic mass is 16.6. The Morgan fingerprint density at radius 3 is 2.50 bits per heavy atom. The maximum Gasteiger partial charge on any atom is 0.408 e. The second-order valence-electron chi connectivity index (χ2n) is 7.65. The lowest BCUT2D eigenvalue weighted by molar-refractivity contribution is -0.140. The van der Waals surface area contributed by atoms with Crippen LogP contribution in [0, 0.1) is 17.3 Å². The summed E-state index contributed by atoms with van der Waals surface area (Å²) in [6.45, 7) is 11.6. The highest BCUT2D eigenvalue weighted by molar-refractivity contribution is 5.80. The van der Waals surface area contributed by atoms with E-state index in [4.69, 9.17) is 4.74 Å². The number of aliphatic carboxylic acids is 1. The lowest BCUT2D eigenvalue weighted by Crippen LogP contribution is -2.47. The van der Waals surface area contributed by atoms with Gasteiger partial charge in [-0.2, -0.15) is 0 Å². The SMILES string of the molecule is CC1CC=CC(C)(CC(NC(=O)OC(C)(C)C)C(=O)O)C1C. The molecule has 22 heavy (non-hydrogen) atoms. The zero-order valence-electron chi connectivity index (χ0n) is 14.5. The van der Waals surface area contributed by atoms with Gasteiger partial charge in [0.2, 0.25) is 0 Å². The molecule has 0 aromatic carbocycles. The molecule has 5 heteroatoms. The molecule has 5 nitrogen and oxygen atoms in total. The zero-order valence-corrected chi connectivity index (χ0v) is 14.5. The van der Waals surface area contributed by atoms with E-state index in [0.717, 1.165) is 6.42 Å². The van der Waals surface area contributed by atoms with Crippen LogP contribution in [0.15, 0.2) is 12.2 Å². The minimum atomic E-state index is -1.04. The summed E-state index contributed by atoms with van der Waals surface area (Å²) in [6.07, 6.45) is 4.86. The minimum absolute atomic E-state index is 0.254. The second-order valence-corrected chi connectivity index (χ2v) is 7.65. The van der Waals surface area contributed by atoms with Crippen molar-refractivity contribution in [3.8, 4) is 0 Å². The molecular formula is C17H29NO4. The van der Waals surface area contributed by atoms with E-state index < -0.39 is 23.7 Å². The molecule has 126 valence electrons. The molecule has 4 atom stereocenters. The van der Waals surface area contributed by atoms with Gasteiger partial charge in [-0.3, -0.25) is 0 Å². The van der Waals surface area contributed by atoms with Crippen LogP contribution in [0.1, 0.15) is 54.4 Å². The third-order valence-electron chi connectivity index (χ3n) is 4.53. The van der Waals surface area contributed by atoms with Crippen molar-refractivity contribution >= 4 is 12.1 Å². The Bertz CT molecular complexity index is 452. The molecule has 4 unspecified atom stereocenters. The molecular weight excluding hydrogens is 282 g/mol.